The third-order valence-electron chi connectivity index (χ3n) is 2.60. The van der Waals surface area contributed by atoms with Gasteiger partial charge in [0.15, 0.2) is 5.56 Å². The predicted molar refractivity (Wildman–Crippen MR) is 82.1 cm³/mol. The van der Waals surface area contributed by atoms with E-state index in [0.717, 1.165) is 6.07 Å². The maximum Gasteiger partial charge on any atom is 0.344 e. The summed E-state index contributed by atoms with van der Waals surface area (Å²) in [5.74, 6) is -2.04. The molecule has 1 aromatic carbocycles. The van der Waals surface area contributed by atoms with E-state index in [2.05, 4.69) is 5.32 Å². The zero-order valence-electron chi connectivity index (χ0n) is 13.0. The Kier molecular flexibility index (Phi) is 5.63. The zero-order chi connectivity index (χ0) is 17.8. The quantitative estimate of drug-likeness (QED) is 0.310. The van der Waals surface area contributed by atoms with E-state index >= 15 is 0 Å². The van der Waals surface area contributed by atoms with E-state index < -0.39 is 39.9 Å². The second-order valence-corrected chi connectivity index (χ2v) is 5.80. The van der Waals surface area contributed by atoms with Gasteiger partial charge in [-0.15, -0.1) is 0 Å². The van der Waals surface area contributed by atoms with E-state index in [1.807, 2.05) is 0 Å². The summed E-state index contributed by atoms with van der Waals surface area (Å²) in [6.45, 7) is 5.10. The highest BCUT2D eigenvalue weighted by Crippen LogP contribution is 2.26. The number of carboxylic acid groups (broad SMARTS) is 1. The first kappa shape index (κ1) is 18.4. The Balaban J connectivity index is 2.92. The number of esters is 1. The minimum Gasteiger partial charge on any atom is -0.477 e. The van der Waals surface area contributed by atoms with Crippen molar-refractivity contribution >= 4 is 23.3 Å². The van der Waals surface area contributed by atoms with E-state index in [1.165, 1.54) is 12.1 Å². The van der Waals surface area contributed by atoms with Crippen LogP contribution in [-0.2, 0) is 9.53 Å². The van der Waals surface area contributed by atoms with E-state index in [9.17, 15) is 19.7 Å². The van der Waals surface area contributed by atoms with Crippen molar-refractivity contribution in [3.8, 4) is 0 Å². The summed E-state index contributed by atoms with van der Waals surface area (Å²) < 4.78 is 5.10. The van der Waals surface area contributed by atoms with Crippen LogP contribution in [0.15, 0.2) is 18.2 Å². The summed E-state index contributed by atoms with van der Waals surface area (Å²) in [5, 5.41) is 22.7. The van der Waals surface area contributed by atoms with Crippen LogP contribution in [0.3, 0.4) is 0 Å². The van der Waals surface area contributed by atoms with Gasteiger partial charge >= 0.3 is 11.9 Å². The highest BCUT2D eigenvalue weighted by Gasteiger charge is 2.25. The number of carboxylic acids is 1. The Morgan fingerprint density at radius 3 is 2.52 bits per heavy atom. The van der Waals surface area contributed by atoms with Crippen molar-refractivity contribution < 1.29 is 24.4 Å². The van der Waals surface area contributed by atoms with Crippen LogP contribution in [0.2, 0.25) is 0 Å². The molecule has 1 unspecified atom stereocenters. The molecule has 0 saturated heterocycles. The zero-order valence-corrected chi connectivity index (χ0v) is 13.0. The van der Waals surface area contributed by atoms with E-state index in [0.29, 0.717) is 0 Å². The van der Waals surface area contributed by atoms with Crippen LogP contribution < -0.4 is 11.1 Å². The van der Waals surface area contributed by atoms with Crippen molar-refractivity contribution in [2.24, 2.45) is 5.73 Å². The second kappa shape index (κ2) is 7.05. The molecule has 0 aliphatic heterocycles. The highest BCUT2D eigenvalue weighted by molar-refractivity contribution is 5.98. The maximum atomic E-state index is 11.7. The second-order valence-electron chi connectivity index (χ2n) is 5.80. The van der Waals surface area contributed by atoms with Crippen LogP contribution in [0.1, 0.15) is 37.6 Å². The van der Waals surface area contributed by atoms with E-state index in [-0.39, 0.29) is 12.1 Å². The van der Waals surface area contributed by atoms with Crippen LogP contribution in [0.4, 0.5) is 11.4 Å². The number of nitrogens with one attached hydrogen (secondary N) is 1. The SMILES string of the molecule is CC(C)(C)OC(=O)CC(N)Nc1cccc([N+](=O)[O-])c1C(=O)O. The summed E-state index contributed by atoms with van der Waals surface area (Å²) in [6.07, 6.45) is -1.18. The van der Waals surface area contributed by atoms with Crippen molar-refractivity contribution in [1.29, 1.82) is 0 Å². The summed E-state index contributed by atoms with van der Waals surface area (Å²) in [7, 11) is 0. The van der Waals surface area contributed by atoms with Gasteiger partial charge < -0.3 is 20.9 Å². The Morgan fingerprint density at radius 1 is 1.43 bits per heavy atom. The lowest BCUT2D eigenvalue weighted by molar-refractivity contribution is -0.385. The number of rotatable bonds is 6. The van der Waals surface area contributed by atoms with Crippen LogP contribution in [0, 0.1) is 10.1 Å². The van der Waals surface area contributed by atoms with Gasteiger partial charge in [-0.05, 0) is 26.8 Å². The number of hydrogen-bond donors (Lipinski definition) is 3. The molecule has 126 valence electrons. The van der Waals surface area contributed by atoms with Crippen molar-refractivity contribution in [2.45, 2.75) is 39.0 Å². The smallest absolute Gasteiger partial charge is 0.344 e. The average Bonchev–Trinajstić information content (AvgIpc) is 2.35. The van der Waals surface area contributed by atoms with Gasteiger partial charge in [0.2, 0.25) is 0 Å². The first-order valence-electron chi connectivity index (χ1n) is 6.76. The van der Waals surface area contributed by atoms with Crippen molar-refractivity contribution in [3.05, 3.63) is 33.9 Å². The molecule has 0 radical (unpaired) electrons. The molecule has 0 aliphatic carbocycles. The standard InChI is InChI=1S/C14H19N3O6/c1-14(2,3)23-11(18)7-10(15)16-8-5-4-6-9(17(21)22)12(8)13(19)20/h4-6,10,16H,7,15H2,1-3H3,(H,19,20). The Labute approximate surface area is 132 Å². The lowest BCUT2D eigenvalue weighted by Crippen LogP contribution is -2.35. The van der Waals surface area contributed by atoms with Crippen molar-refractivity contribution in [3.63, 3.8) is 0 Å². The molecule has 0 aromatic heterocycles. The van der Waals surface area contributed by atoms with Crippen LogP contribution >= 0.6 is 0 Å². The fourth-order valence-electron chi connectivity index (χ4n) is 1.85. The van der Waals surface area contributed by atoms with Gasteiger partial charge in [0.05, 0.1) is 23.2 Å². The summed E-state index contributed by atoms with van der Waals surface area (Å²) >= 11 is 0. The van der Waals surface area contributed by atoms with Gasteiger partial charge in [0.25, 0.3) is 5.69 Å². The molecule has 0 spiro atoms. The molecule has 1 aromatic rings. The molecule has 9 nitrogen and oxygen atoms in total. The number of carbonyl (C=O) groups excluding carboxylic acids is 1. The molecular formula is C14H19N3O6. The monoisotopic (exact) mass is 325 g/mol. The van der Waals surface area contributed by atoms with Gasteiger partial charge in [0.1, 0.15) is 5.60 Å². The molecule has 4 N–H and O–H groups in total. The number of nitro benzene ring substituents is 1. The summed E-state index contributed by atoms with van der Waals surface area (Å²) in [6, 6.07) is 3.74. The molecule has 0 fully saturated rings. The maximum absolute atomic E-state index is 11.7. The van der Waals surface area contributed by atoms with Gasteiger partial charge in [-0.2, -0.15) is 0 Å². The lowest BCUT2D eigenvalue weighted by Gasteiger charge is -2.22. The molecule has 0 saturated carbocycles. The first-order chi connectivity index (χ1) is 10.5. The normalized spacial score (nSPS) is 12.3. The van der Waals surface area contributed by atoms with Crippen molar-refractivity contribution in [1.82, 2.24) is 0 Å². The molecule has 0 heterocycles. The van der Waals surface area contributed by atoms with Gasteiger partial charge in [-0.1, -0.05) is 6.07 Å². The fraction of sp³-hybridized carbons (Fsp3) is 0.429. The third-order valence-corrected chi connectivity index (χ3v) is 2.60. The number of aromatic carboxylic acids is 1. The first-order valence-corrected chi connectivity index (χ1v) is 6.76. The highest BCUT2D eigenvalue weighted by atomic mass is 16.6. The van der Waals surface area contributed by atoms with Crippen LogP contribution in [0.25, 0.3) is 0 Å². The minimum absolute atomic E-state index is 0.0391. The Morgan fingerprint density at radius 2 is 2.04 bits per heavy atom. The molecule has 9 heteroatoms. The number of anilines is 1. The largest absolute Gasteiger partial charge is 0.477 e. The van der Waals surface area contributed by atoms with Gasteiger partial charge in [0, 0.05) is 6.07 Å². The molecule has 1 rings (SSSR count). The lowest BCUT2D eigenvalue weighted by atomic mass is 10.1. The third kappa shape index (κ3) is 5.55. The molecule has 1 atom stereocenters. The number of nitrogens with zero attached hydrogens (tertiary/aromatic N) is 1. The minimum atomic E-state index is -1.47. The topological polar surface area (TPSA) is 145 Å². The predicted octanol–water partition coefficient (Wildman–Crippen LogP) is 1.72. The fourth-order valence-corrected chi connectivity index (χ4v) is 1.85. The molecule has 0 amide bonds. The summed E-state index contributed by atoms with van der Waals surface area (Å²) in [4.78, 5) is 33.1. The molecule has 23 heavy (non-hydrogen) atoms. The Hall–Kier alpha value is -2.68. The van der Waals surface area contributed by atoms with E-state index in [1.54, 1.807) is 20.8 Å². The number of hydrogen-bond acceptors (Lipinski definition) is 7. The molecular weight excluding hydrogens is 306 g/mol. The molecule has 0 aliphatic rings. The van der Waals surface area contributed by atoms with Gasteiger partial charge in [-0.25, -0.2) is 4.79 Å². The number of nitro groups is 1. The average molecular weight is 325 g/mol. The Bertz CT molecular complexity index is 623. The van der Waals surface area contributed by atoms with Crippen molar-refractivity contribution in [2.75, 3.05) is 5.32 Å². The number of nitrogens with two attached hydrogens (primary N) is 1. The summed E-state index contributed by atoms with van der Waals surface area (Å²) in [5.41, 5.74) is 3.96. The van der Waals surface area contributed by atoms with Crippen LogP contribution in [0.5, 0.6) is 0 Å². The van der Waals surface area contributed by atoms with E-state index in [4.69, 9.17) is 15.6 Å². The van der Waals surface area contributed by atoms with Gasteiger partial charge in [-0.3, -0.25) is 14.9 Å². The number of ether oxygens (including phenoxy) is 1. The molecule has 0 bridgehead atoms. The number of benzene rings is 1. The van der Waals surface area contributed by atoms with Crippen LogP contribution in [-0.4, -0.2) is 33.7 Å². The number of carbonyl (C=O) groups is 2.